The third-order valence-corrected chi connectivity index (χ3v) is 5.87. The van der Waals surface area contributed by atoms with E-state index in [0.717, 1.165) is 22.6 Å². The molecule has 196 valence electrons. The van der Waals surface area contributed by atoms with Crippen molar-refractivity contribution in [2.45, 2.75) is 20.8 Å². The van der Waals surface area contributed by atoms with Crippen molar-refractivity contribution in [2.24, 2.45) is 5.92 Å². The molecule has 8 heteroatoms. The predicted octanol–water partition coefficient (Wildman–Crippen LogP) is 5.98. The van der Waals surface area contributed by atoms with E-state index in [1.54, 1.807) is 11.8 Å². The van der Waals surface area contributed by atoms with Crippen LogP contribution in [-0.2, 0) is 4.79 Å². The van der Waals surface area contributed by atoms with Crippen molar-refractivity contribution in [3.8, 4) is 22.7 Å². The first-order chi connectivity index (χ1) is 18.3. The van der Waals surface area contributed by atoms with E-state index in [9.17, 15) is 9.59 Å². The normalized spacial score (nSPS) is 10.8. The number of ether oxygens (including phenoxy) is 1. The summed E-state index contributed by atoms with van der Waals surface area (Å²) in [5, 5.41) is 10.6. The van der Waals surface area contributed by atoms with Crippen molar-refractivity contribution >= 4 is 23.4 Å². The second kappa shape index (κ2) is 12.1. The van der Waals surface area contributed by atoms with Crippen molar-refractivity contribution in [3.63, 3.8) is 0 Å². The van der Waals surface area contributed by atoms with Gasteiger partial charge in [0.05, 0.1) is 18.5 Å². The molecule has 0 aliphatic carbocycles. The van der Waals surface area contributed by atoms with Crippen molar-refractivity contribution < 1.29 is 14.3 Å². The second-order valence-electron chi connectivity index (χ2n) is 9.51. The molecule has 8 nitrogen and oxygen atoms in total. The van der Waals surface area contributed by atoms with Crippen molar-refractivity contribution in [3.05, 3.63) is 90.5 Å². The molecule has 0 unspecified atom stereocenters. The Bertz CT molecular complexity index is 1360. The smallest absolute Gasteiger partial charge is 0.322 e. The minimum absolute atomic E-state index is 0.107. The quantitative estimate of drug-likeness (QED) is 0.289. The van der Waals surface area contributed by atoms with Crippen LogP contribution in [-0.4, -0.2) is 46.8 Å². The summed E-state index contributed by atoms with van der Waals surface area (Å²) in [5.74, 6) is 1.08. The highest BCUT2D eigenvalue weighted by atomic mass is 16.5. The molecule has 3 aromatic carbocycles. The standard InChI is InChI=1S/C30H33N5O3/c1-21(2)19-34(30(37)31-24-12-10-22(3)11-13-24)20-29(36)32-28-18-27(23-8-6-5-7-9-23)33-35(28)25-14-16-26(38-4)17-15-25/h5-18,21H,19-20H2,1-4H3,(H,31,37)(H,32,36). The van der Waals surface area contributed by atoms with Crippen LogP contribution in [0, 0.1) is 12.8 Å². The average molecular weight is 512 g/mol. The minimum atomic E-state index is -0.327. The lowest BCUT2D eigenvalue weighted by Crippen LogP contribution is -2.42. The van der Waals surface area contributed by atoms with Gasteiger partial charge in [0.1, 0.15) is 18.1 Å². The number of benzene rings is 3. The van der Waals surface area contributed by atoms with E-state index in [4.69, 9.17) is 9.84 Å². The molecule has 0 saturated heterocycles. The van der Waals surface area contributed by atoms with Crippen LogP contribution in [0.1, 0.15) is 19.4 Å². The van der Waals surface area contributed by atoms with Crippen LogP contribution in [0.25, 0.3) is 16.9 Å². The van der Waals surface area contributed by atoms with Gasteiger partial charge < -0.3 is 20.3 Å². The van der Waals surface area contributed by atoms with Gasteiger partial charge in [-0.05, 0) is 49.2 Å². The maximum absolute atomic E-state index is 13.2. The topological polar surface area (TPSA) is 88.5 Å². The van der Waals surface area contributed by atoms with Crippen molar-refractivity contribution in [1.82, 2.24) is 14.7 Å². The van der Waals surface area contributed by atoms with Gasteiger partial charge in [-0.3, -0.25) is 4.79 Å². The monoisotopic (exact) mass is 511 g/mol. The lowest BCUT2D eigenvalue weighted by molar-refractivity contribution is -0.116. The summed E-state index contributed by atoms with van der Waals surface area (Å²) in [6, 6.07) is 26.2. The molecule has 0 atom stereocenters. The lowest BCUT2D eigenvalue weighted by Gasteiger charge is -2.24. The number of methoxy groups -OCH3 is 1. The van der Waals surface area contributed by atoms with Gasteiger partial charge in [0.2, 0.25) is 5.91 Å². The Hall–Kier alpha value is -4.59. The first-order valence-corrected chi connectivity index (χ1v) is 12.5. The number of carbonyl (C=O) groups is 2. The van der Waals surface area contributed by atoms with E-state index >= 15 is 0 Å². The molecule has 2 N–H and O–H groups in total. The molecule has 0 bridgehead atoms. The highest BCUT2D eigenvalue weighted by Gasteiger charge is 2.21. The molecule has 3 amide bonds. The molecule has 0 fully saturated rings. The number of rotatable bonds is 9. The van der Waals surface area contributed by atoms with Crippen LogP contribution < -0.4 is 15.4 Å². The van der Waals surface area contributed by atoms with E-state index in [1.807, 2.05) is 106 Å². The molecule has 38 heavy (non-hydrogen) atoms. The molecule has 1 aromatic heterocycles. The molecule has 0 spiro atoms. The van der Waals surface area contributed by atoms with Crippen LogP contribution in [0.15, 0.2) is 84.9 Å². The molecule has 4 rings (SSSR count). The van der Waals surface area contributed by atoms with Crippen LogP contribution in [0.4, 0.5) is 16.3 Å². The highest BCUT2D eigenvalue weighted by molar-refractivity contribution is 5.97. The van der Waals surface area contributed by atoms with Gasteiger partial charge >= 0.3 is 6.03 Å². The van der Waals surface area contributed by atoms with Crippen LogP contribution in [0.5, 0.6) is 5.75 Å². The molecular weight excluding hydrogens is 478 g/mol. The third-order valence-electron chi connectivity index (χ3n) is 5.87. The fourth-order valence-corrected chi connectivity index (χ4v) is 4.00. The first-order valence-electron chi connectivity index (χ1n) is 12.5. The maximum Gasteiger partial charge on any atom is 0.322 e. The van der Waals surface area contributed by atoms with Crippen LogP contribution in [0.2, 0.25) is 0 Å². The van der Waals surface area contributed by atoms with Crippen LogP contribution in [0.3, 0.4) is 0 Å². The predicted molar refractivity (Wildman–Crippen MR) is 151 cm³/mol. The average Bonchev–Trinajstić information content (AvgIpc) is 3.33. The minimum Gasteiger partial charge on any atom is -0.497 e. The second-order valence-corrected chi connectivity index (χ2v) is 9.51. The molecule has 0 aliphatic rings. The summed E-state index contributed by atoms with van der Waals surface area (Å²) >= 11 is 0. The number of carbonyl (C=O) groups excluding carboxylic acids is 2. The van der Waals surface area contributed by atoms with E-state index in [0.29, 0.717) is 23.7 Å². The Morgan fingerprint density at radius 3 is 2.26 bits per heavy atom. The van der Waals surface area contributed by atoms with Crippen molar-refractivity contribution in [1.29, 1.82) is 0 Å². The van der Waals surface area contributed by atoms with E-state index in [1.165, 1.54) is 4.90 Å². The zero-order valence-corrected chi connectivity index (χ0v) is 22.1. The van der Waals surface area contributed by atoms with Gasteiger partial charge in [0.15, 0.2) is 0 Å². The summed E-state index contributed by atoms with van der Waals surface area (Å²) in [4.78, 5) is 27.8. The Kier molecular flexibility index (Phi) is 8.43. The summed E-state index contributed by atoms with van der Waals surface area (Å²) in [6.07, 6.45) is 0. The fraction of sp³-hybridized carbons (Fsp3) is 0.233. The fourth-order valence-electron chi connectivity index (χ4n) is 4.00. The van der Waals surface area contributed by atoms with Gasteiger partial charge in [-0.25, -0.2) is 9.48 Å². The number of nitrogens with one attached hydrogen (secondary N) is 2. The van der Waals surface area contributed by atoms with Gasteiger partial charge in [0, 0.05) is 23.9 Å². The van der Waals surface area contributed by atoms with E-state index in [2.05, 4.69) is 10.6 Å². The number of hydrogen-bond acceptors (Lipinski definition) is 4. The number of nitrogens with zero attached hydrogens (tertiary/aromatic N) is 3. The Morgan fingerprint density at radius 2 is 1.63 bits per heavy atom. The SMILES string of the molecule is COc1ccc(-n2nc(-c3ccccc3)cc2NC(=O)CN(CC(C)C)C(=O)Nc2ccc(C)cc2)cc1. The van der Waals surface area contributed by atoms with Gasteiger partial charge in [-0.15, -0.1) is 0 Å². The Labute approximate surface area is 223 Å². The molecule has 0 radical (unpaired) electrons. The van der Waals surface area contributed by atoms with E-state index < -0.39 is 0 Å². The number of amides is 3. The number of anilines is 2. The first kappa shape index (κ1) is 26.5. The summed E-state index contributed by atoms with van der Waals surface area (Å²) in [7, 11) is 1.61. The number of hydrogen-bond donors (Lipinski definition) is 2. The van der Waals surface area contributed by atoms with Crippen molar-refractivity contribution in [2.75, 3.05) is 30.8 Å². The zero-order valence-electron chi connectivity index (χ0n) is 22.1. The highest BCUT2D eigenvalue weighted by Crippen LogP contribution is 2.26. The zero-order chi connectivity index (χ0) is 27.1. The number of urea groups is 1. The molecule has 0 saturated carbocycles. The van der Waals surface area contributed by atoms with Gasteiger partial charge in [-0.2, -0.15) is 5.10 Å². The summed E-state index contributed by atoms with van der Waals surface area (Å²) in [6.45, 7) is 6.33. The lowest BCUT2D eigenvalue weighted by atomic mass is 10.1. The number of aryl methyl sites for hydroxylation is 1. The van der Waals surface area contributed by atoms with E-state index in [-0.39, 0.29) is 24.4 Å². The van der Waals surface area contributed by atoms with Gasteiger partial charge in [0.25, 0.3) is 0 Å². The number of aromatic nitrogens is 2. The molecular formula is C30H33N5O3. The third kappa shape index (κ3) is 6.79. The largest absolute Gasteiger partial charge is 0.497 e. The molecule has 0 aliphatic heterocycles. The Morgan fingerprint density at radius 1 is 0.947 bits per heavy atom. The molecule has 4 aromatic rings. The Balaban J connectivity index is 1.56. The molecule has 1 heterocycles. The summed E-state index contributed by atoms with van der Waals surface area (Å²) in [5.41, 5.74) is 4.19. The van der Waals surface area contributed by atoms with Gasteiger partial charge in [-0.1, -0.05) is 61.9 Å². The summed E-state index contributed by atoms with van der Waals surface area (Å²) < 4.78 is 6.96. The maximum atomic E-state index is 13.2. The van der Waals surface area contributed by atoms with Crippen LogP contribution >= 0.6 is 0 Å².